The third kappa shape index (κ3) is 1.63. The predicted octanol–water partition coefficient (Wildman–Crippen LogP) is 1.09. The molecule has 0 amide bonds. The van der Waals surface area contributed by atoms with Crippen molar-refractivity contribution in [3.05, 3.63) is 35.4 Å². The van der Waals surface area contributed by atoms with E-state index in [1.54, 1.807) is 0 Å². The summed E-state index contributed by atoms with van der Waals surface area (Å²) in [7, 11) is 2.10. The molecule has 0 aromatic heterocycles. The van der Waals surface area contributed by atoms with Gasteiger partial charge in [0.1, 0.15) is 0 Å². The Hall–Kier alpha value is -1.37. The molecule has 0 radical (unpaired) electrons. The second-order valence-corrected chi connectivity index (χ2v) is 3.57. The maximum atomic E-state index is 8.67. The van der Waals surface area contributed by atoms with E-state index in [9.17, 15) is 0 Å². The van der Waals surface area contributed by atoms with Crippen molar-refractivity contribution < 1.29 is 0 Å². The largest absolute Gasteiger partial charge is 0.297 e. The van der Waals surface area contributed by atoms with E-state index in [2.05, 4.69) is 23.3 Å². The van der Waals surface area contributed by atoms with Gasteiger partial charge in [-0.3, -0.25) is 10.2 Å². The molecule has 1 atom stereocenters. The first-order chi connectivity index (χ1) is 6.81. The number of benzene rings is 1. The summed E-state index contributed by atoms with van der Waals surface area (Å²) < 4.78 is 0. The number of hydrogen-bond donors (Lipinski definition) is 1. The lowest BCUT2D eigenvalue weighted by atomic mass is 10.1. The summed E-state index contributed by atoms with van der Waals surface area (Å²) in [6.45, 7) is 2.10. The van der Waals surface area contributed by atoms with Crippen LogP contribution in [-0.4, -0.2) is 25.0 Å². The van der Waals surface area contributed by atoms with Crippen LogP contribution in [0, 0.1) is 11.3 Å². The predicted molar refractivity (Wildman–Crippen MR) is 54.5 cm³/mol. The van der Waals surface area contributed by atoms with E-state index in [-0.39, 0.29) is 0 Å². The van der Waals surface area contributed by atoms with E-state index in [0.29, 0.717) is 6.17 Å². The Morgan fingerprint density at radius 3 is 2.64 bits per heavy atom. The van der Waals surface area contributed by atoms with Gasteiger partial charge >= 0.3 is 0 Å². The summed E-state index contributed by atoms with van der Waals surface area (Å²) >= 11 is 0. The number of nitrogens with one attached hydrogen (secondary N) is 1. The molecule has 1 saturated heterocycles. The van der Waals surface area contributed by atoms with E-state index < -0.39 is 0 Å². The molecular weight excluding hydrogens is 174 g/mol. The standard InChI is InChI=1S/C11H13N3/c1-14-7-6-13-11(14)10-4-2-9(8-12)3-5-10/h2-5,11,13H,6-7H2,1H3. The summed E-state index contributed by atoms with van der Waals surface area (Å²) in [6.07, 6.45) is 0.308. The Morgan fingerprint density at radius 2 is 2.14 bits per heavy atom. The fourth-order valence-electron chi connectivity index (χ4n) is 1.77. The molecule has 2 rings (SSSR count). The van der Waals surface area contributed by atoms with Crippen molar-refractivity contribution in [2.24, 2.45) is 0 Å². The van der Waals surface area contributed by atoms with Gasteiger partial charge in [0.15, 0.2) is 0 Å². The molecule has 1 heterocycles. The van der Waals surface area contributed by atoms with Crippen LogP contribution in [0.1, 0.15) is 17.3 Å². The smallest absolute Gasteiger partial charge is 0.0991 e. The van der Waals surface area contributed by atoms with Gasteiger partial charge in [0.25, 0.3) is 0 Å². The third-order valence-electron chi connectivity index (χ3n) is 2.60. The zero-order valence-corrected chi connectivity index (χ0v) is 8.20. The Kier molecular flexibility index (Phi) is 2.49. The van der Waals surface area contributed by atoms with Crippen LogP contribution in [0.4, 0.5) is 0 Å². The Labute approximate surface area is 84.0 Å². The van der Waals surface area contributed by atoms with Crippen molar-refractivity contribution in [2.45, 2.75) is 6.17 Å². The first kappa shape index (κ1) is 9.20. The fourth-order valence-corrected chi connectivity index (χ4v) is 1.77. The molecule has 3 heteroatoms. The van der Waals surface area contributed by atoms with Crippen molar-refractivity contribution in [3.63, 3.8) is 0 Å². The lowest BCUT2D eigenvalue weighted by Gasteiger charge is -2.19. The van der Waals surface area contributed by atoms with E-state index in [4.69, 9.17) is 5.26 Å². The van der Waals surface area contributed by atoms with Gasteiger partial charge in [0, 0.05) is 13.1 Å². The molecule has 1 fully saturated rings. The number of hydrogen-bond acceptors (Lipinski definition) is 3. The molecule has 1 aliphatic heterocycles. The van der Waals surface area contributed by atoms with E-state index in [0.717, 1.165) is 18.7 Å². The number of rotatable bonds is 1. The average molecular weight is 187 g/mol. The summed E-state index contributed by atoms with van der Waals surface area (Å²) in [5.41, 5.74) is 1.94. The van der Waals surface area contributed by atoms with Gasteiger partial charge in [-0.2, -0.15) is 5.26 Å². The molecular formula is C11H13N3. The monoisotopic (exact) mass is 187 g/mol. The highest BCUT2D eigenvalue weighted by molar-refractivity contribution is 5.32. The Balaban J connectivity index is 2.21. The van der Waals surface area contributed by atoms with Crippen LogP contribution in [0.5, 0.6) is 0 Å². The molecule has 1 aromatic rings. The maximum absolute atomic E-state index is 8.67. The Morgan fingerprint density at radius 1 is 1.43 bits per heavy atom. The highest BCUT2D eigenvalue weighted by Crippen LogP contribution is 2.19. The van der Waals surface area contributed by atoms with Crippen molar-refractivity contribution in [2.75, 3.05) is 20.1 Å². The topological polar surface area (TPSA) is 39.1 Å². The molecule has 0 aliphatic carbocycles. The highest BCUT2D eigenvalue weighted by Gasteiger charge is 2.21. The minimum atomic E-state index is 0.308. The van der Waals surface area contributed by atoms with Gasteiger partial charge in [-0.25, -0.2) is 0 Å². The van der Waals surface area contributed by atoms with Gasteiger partial charge in [-0.1, -0.05) is 12.1 Å². The molecule has 1 aliphatic rings. The minimum Gasteiger partial charge on any atom is -0.297 e. The average Bonchev–Trinajstić information content (AvgIpc) is 2.65. The van der Waals surface area contributed by atoms with E-state index in [1.165, 1.54) is 5.56 Å². The Bertz CT molecular complexity index is 350. The first-order valence-electron chi connectivity index (χ1n) is 4.75. The molecule has 0 bridgehead atoms. The molecule has 0 spiro atoms. The minimum absolute atomic E-state index is 0.308. The maximum Gasteiger partial charge on any atom is 0.0991 e. The van der Waals surface area contributed by atoms with E-state index in [1.807, 2.05) is 24.3 Å². The van der Waals surface area contributed by atoms with Crippen LogP contribution in [0.25, 0.3) is 0 Å². The zero-order valence-electron chi connectivity index (χ0n) is 8.20. The molecule has 14 heavy (non-hydrogen) atoms. The molecule has 1 N–H and O–H groups in total. The molecule has 72 valence electrons. The number of nitrogens with zero attached hydrogens (tertiary/aromatic N) is 2. The van der Waals surface area contributed by atoms with Gasteiger partial charge in [-0.05, 0) is 24.7 Å². The zero-order chi connectivity index (χ0) is 9.97. The number of nitriles is 1. The van der Waals surface area contributed by atoms with E-state index >= 15 is 0 Å². The normalized spacial score (nSPS) is 22.1. The third-order valence-corrected chi connectivity index (χ3v) is 2.60. The molecule has 1 aromatic carbocycles. The van der Waals surface area contributed by atoms with Crippen LogP contribution in [0.3, 0.4) is 0 Å². The van der Waals surface area contributed by atoms with Crippen LogP contribution in [0.2, 0.25) is 0 Å². The van der Waals surface area contributed by atoms with Gasteiger partial charge in [-0.15, -0.1) is 0 Å². The highest BCUT2D eigenvalue weighted by atomic mass is 15.3. The summed E-state index contributed by atoms with van der Waals surface area (Å²) in [5, 5.41) is 12.1. The number of likely N-dealkylation sites (N-methyl/N-ethyl adjacent to an activating group) is 1. The first-order valence-corrected chi connectivity index (χ1v) is 4.75. The van der Waals surface area contributed by atoms with Crippen LogP contribution in [0.15, 0.2) is 24.3 Å². The van der Waals surface area contributed by atoms with Crippen molar-refractivity contribution >= 4 is 0 Å². The fraction of sp³-hybridized carbons (Fsp3) is 0.364. The van der Waals surface area contributed by atoms with Crippen molar-refractivity contribution in [3.8, 4) is 6.07 Å². The molecule has 3 nitrogen and oxygen atoms in total. The lowest BCUT2D eigenvalue weighted by Crippen LogP contribution is -2.23. The lowest BCUT2D eigenvalue weighted by molar-refractivity contribution is 0.301. The van der Waals surface area contributed by atoms with Crippen LogP contribution in [-0.2, 0) is 0 Å². The summed E-state index contributed by atoms with van der Waals surface area (Å²) in [6, 6.07) is 9.87. The van der Waals surface area contributed by atoms with Gasteiger partial charge in [0.2, 0.25) is 0 Å². The van der Waals surface area contributed by atoms with Crippen LogP contribution < -0.4 is 5.32 Å². The SMILES string of the molecule is CN1CCNC1c1ccc(C#N)cc1. The second kappa shape index (κ2) is 3.79. The summed E-state index contributed by atoms with van der Waals surface area (Å²) in [5.74, 6) is 0. The summed E-state index contributed by atoms with van der Waals surface area (Å²) in [4.78, 5) is 2.27. The second-order valence-electron chi connectivity index (χ2n) is 3.57. The van der Waals surface area contributed by atoms with Crippen molar-refractivity contribution in [1.29, 1.82) is 5.26 Å². The van der Waals surface area contributed by atoms with Gasteiger partial charge in [0.05, 0.1) is 17.8 Å². The quantitative estimate of drug-likeness (QED) is 0.715. The molecule has 1 unspecified atom stereocenters. The van der Waals surface area contributed by atoms with Gasteiger partial charge < -0.3 is 0 Å². The van der Waals surface area contributed by atoms with Crippen LogP contribution >= 0.6 is 0 Å². The van der Waals surface area contributed by atoms with Crippen molar-refractivity contribution in [1.82, 2.24) is 10.2 Å². The molecule has 0 saturated carbocycles.